The molecule has 5 heteroatoms. The molecule has 1 heterocycles. The molecule has 1 N–H and O–H groups in total. The fourth-order valence-corrected chi connectivity index (χ4v) is 5.43. The molecule has 108 valence electrons. The van der Waals surface area contributed by atoms with Crippen molar-refractivity contribution in [2.45, 2.75) is 31.4 Å². The van der Waals surface area contributed by atoms with Crippen molar-refractivity contribution in [3.8, 4) is 0 Å². The van der Waals surface area contributed by atoms with Gasteiger partial charge in [0.25, 0.3) is 0 Å². The maximum Gasteiger partial charge on any atom is 0.215 e. The van der Waals surface area contributed by atoms with E-state index in [0.29, 0.717) is 13.1 Å². The van der Waals surface area contributed by atoms with E-state index >= 15 is 0 Å². The van der Waals surface area contributed by atoms with Gasteiger partial charge in [0.1, 0.15) is 0 Å². The topological polar surface area (TPSA) is 49.4 Å². The summed E-state index contributed by atoms with van der Waals surface area (Å²) in [4.78, 5) is 2.36. The van der Waals surface area contributed by atoms with E-state index in [1.54, 1.807) is 0 Å². The van der Waals surface area contributed by atoms with Gasteiger partial charge in [-0.25, -0.2) is 13.1 Å². The summed E-state index contributed by atoms with van der Waals surface area (Å²) in [5.74, 6) is 2.32. The molecule has 3 aliphatic rings. The molecule has 0 aromatic carbocycles. The van der Waals surface area contributed by atoms with E-state index in [-0.39, 0.29) is 5.25 Å². The number of hydrogen-bond acceptors (Lipinski definition) is 3. The van der Waals surface area contributed by atoms with Crippen molar-refractivity contribution >= 4 is 10.0 Å². The van der Waals surface area contributed by atoms with Crippen LogP contribution < -0.4 is 4.72 Å². The van der Waals surface area contributed by atoms with Crippen molar-refractivity contribution in [2.24, 2.45) is 17.8 Å². The molecule has 3 rings (SSSR count). The lowest BCUT2D eigenvalue weighted by molar-refractivity contribution is 0.255. The Bertz CT molecular complexity index is 460. The lowest BCUT2D eigenvalue weighted by atomic mass is 9.93. The number of sulfonamides is 1. The highest BCUT2D eigenvalue weighted by Gasteiger charge is 2.39. The van der Waals surface area contributed by atoms with Crippen LogP contribution in [0.4, 0.5) is 0 Å². The summed E-state index contributed by atoms with van der Waals surface area (Å²) >= 11 is 0. The minimum absolute atomic E-state index is 0.207. The van der Waals surface area contributed by atoms with Gasteiger partial charge in [-0.1, -0.05) is 19.1 Å². The second kappa shape index (κ2) is 5.19. The van der Waals surface area contributed by atoms with Gasteiger partial charge in [0.2, 0.25) is 10.0 Å². The third-order valence-electron chi connectivity index (χ3n) is 4.92. The summed E-state index contributed by atoms with van der Waals surface area (Å²) in [6, 6.07) is 0. The SMILES string of the molecule is CCNS(=O)(=O)[C@H]1CCN(C[C@@H]2C[C@H]3C=C[C@H]2C3)C1. The van der Waals surface area contributed by atoms with Gasteiger partial charge in [0.15, 0.2) is 0 Å². The first-order chi connectivity index (χ1) is 9.08. The van der Waals surface area contributed by atoms with Gasteiger partial charge >= 0.3 is 0 Å². The van der Waals surface area contributed by atoms with E-state index in [0.717, 1.165) is 37.3 Å². The van der Waals surface area contributed by atoms with Crippen LogP contribution in [-0.4, -0.2) is 44.7 Å². The van der Waals surface area contributed by atoms with Crippen LogP contribution in [0, 0.1) is 17.8 Å². The normalized spacial score (nSPS) is 38.4. The molecule has 2 aliphatic carbocycles. The second-order valence-corrected chi connectivity index (χ2v) is 8.30. The van der Waals surface area contributed by atoms with Crippen molar-refractivity contribution in [1.29, 1.82) is 0 Å². The molecule has 1 saturated heterocycles. The van der Waals surface area contributed by atoms with Crippen LogP contribution in [0.25, 0.3) is 0 Å². The van der Waals surface area contributed by atoms with Crippen molar-refractivity contribution in [2.75, 3.05) is 26.2 Å². The van der Waals surface area contributed by atoms with Crippen LogP contribution in [0.3, 0.4) is 0 Å². The molecule has 0 radical (unpaired) electrons. The van der Waals surface area contributed by atoms with Gasteiger partial charge in [-0.3, -0.25) is 0 Å². The number of rotatable bonds is 5. The fraction of sp³-hybridized carbons (Fsp3) is 0.857. The molecule has 0 aromatic rings. The average molecular weight is 284 g/mol. The molecule has 0 spiro atoms. The lowest BCUT2D eigenvalue weighted by Crippen LogP contribution is -2.37. The largest absolute Gasteiger partial charge is 0.302 e. The quantitative estimate of drug-likeness (QED) is 0.772. The highest BCUT2D eigenvalue weighted by molar-refractivity contribution is 7.90. The summed E-state index contributed by atoms with van der Waals surface area (Å²) in [6.07, 6.45) is 8.16. The molecule has 0 unspecified atom stereocenters. The number of nitrogens with one attached hydrogen (secondary N) is 1. The predicted octanol–water partition coefficient (Wildman–Crippen LogP) is 1.21. The molecular weight excluding hydrogens is 260 g/mol. The first-order valence-electron chi connectivity index (χ1n) is 7.47. The molecule has 4 nitrogen and oxygen atoms in total. The highest BCUT2D eigenvalue weighted by Crippen LogP contribution is 2.43. The highest BCUT2D eigenvalue weighted by atomic mass is 32.2. The summed E-state index contributed by atoms with van der Waals surface area (Å²) in [7, 11) is -3.09. The second-order valence-electron chi connectivity index (χ2n) is 6.25. The van der Waals surface area contributed by atoms with E-state index in [1.165, 1.54) is 12.8 Å². The molecule has 1 aliphatic heterocycles. The minimum Gasteiger partial charge on any atom is -0.302 e. The monoisotopic (exact) mass is 284 g/mol. The third-order valence-corrected chi connectivity index (χ3v) is 6.88. The fourth-order valence-electron chi connectivity index (χ4n) is 3.97. The van der Waals surface area contributed by atoms with Gasteiger partial charge in [0, 0.05) is 19.6 Å². The van der Waals surface area contributed by atoms with E-state index in [9.17, 15) is 8.42 Å². The van der Waals surface area contributed by atoms with Gasteiger partial charge in [-0.15, -0.1) is 0 Å². The number of hydrogen-bond donors (Lipinski definition) is 1. The maximum absolute atomic E-state index is 12.0. The minimum atomic E-state index is -3.09. The molecular formula is C14H24N2O2S. The van der Waals surface area contributed by atoms with Crippen LogP contribution in [-0.2, 0) is 10.0 Å². The molecule has 2 fully saturated rings. The maximum atomic E-state index is 12.0. The Morgan fingerprint density at radius 3 is 2.79 bits per heavy atom. The average Bonchev–Trinajstić information content (AvgIpc) is 3.04. The molecule has 0 amide bonds. The Kier molecular flexibility index (Phi) is 3.71. The Balaban J connectivity index is 1.54. The Morgan fingerprint density at radius 2 is 2.16 bits per heavy atom. The zero-order valence-electron chi connectivity index (χ0n) is 11.6. The van der Waals surface area contributed by atoms with Gasteiger partial charge in [0.05, 0.1) is 5.25 Å². The molecule has 1 saturated carbocycles. The first-order valence-corrected chi connectivity index (χ1v) is 9.02. The van der Waals surface area contributed by atoms with E-state index < -0.39 is 10.0 Å². The standard InChI is InChI=1S/C14H24N2O2S/c1-2-15-19(17,18)14-5-6-16(10-14)9-13-8-11-3-4-12(13)7-11/h3-4,11-15H,2,5-10H2,1H3/t11-,12-,13-,14-/m0/s1. The Morgan fingerprint density at radius 1 is 1.32 bits per heavy atom. The summed E-state index contributed by atoms with van der Waals surface area (Å²) in [5.41, 5.74) is 0. The number of allylic oxidation sites excluding steroid dienone is 2. The van der Waals surface area contributed by atoms with Crippen molar-refractivity contribution in [3.05, 3.63) is 12.2 Å². The molecule has 4 atom stereocenters. The molecule has 0 aromatic heterocycles. The molecule has 2 bridgehead atoms. The third kappa shape index (κ3) is 2.73. The van der Waals surface area contributed by atoms with Gasteiger partial charge in [-0.05, 0) is 43.6 Å². The first kappa shape index (κ1) is 13.6. The van der Waals surface area contributed by atoms with Crippen LogP contribution in [0.1, 0.15) is 26.2 Å². The van der Waals surface area contributed by atoms with Gasteiger partial charge in [-0.2, -0.15) is 0 Å². The van der Waals surface area contributed by atoms with Crippen molar-refractivity contribution in [1.82, 2.24) is 9.62 Å². The Labute approximate surface area is 116 Å². The zero-order chi connectivity index (χ0) is 13.5. The zero-order valence-corrected chi connectivity index (χ0v) is 12.4. The van der Waals surface area contributed by atoms with Crippen LogP contribution in [0.15, 0.2) is 12.2 Å². The Hall–Kier alpha value is -0.390. The summed E-state index contributed by atoms with van der Waals surface area (Å²) < 4.78 is 26.6. The van der Waals surface area contributed by atoms with Gasteiger partial charge < -0.3 is 4.90 Å². The summed E-state index contributed by atoms with van der Waals surface area (Å²) in [5, 5.41) is -0.207. The number of fused-ring (bicyclic) bond motifs is 2. The lowest BCUT2D eigenvalue weighted by Gasteiger charge is -2.24. The number of nitrogens with zero attached hydrogens (tertiary/aromatic N) is 1. The number of likely N-dealkylation sites (tertiary alicyclic amines) is 1. The predicted molar refractivity (Wildman–Crippen MR) is 76.3 cm³/mol. The van der Waals surface area contributed by atoms with E-state index in [1.807, 2.05) is 6.92 Å². The van der Waals surface area contributed by atoms with E-state index in [2.05, 4.69) is 21.8 Å². The summed E-state index contributed by atoms with van der Waals surface area (Å²) in [6.45, 7) is 5.07. The van der Waals surface area contributed by atoms with Crippen LogP contribution >= 0.6 is 0 Å². The molecule has 19 heavy (non-hydrogen) atoms. The van der Waals surface area contributed by atoms with Crippen LogP contribution in [0.5, 0.6) is 0 Å². The van der Waals surface area contributed by atoms with E-state index in [4.69, 9.17) is 0 Å². The van der Waals surface area contributed by atoms with Crippen molar-refractivity contribution < 1.29 is 8.42 Å². The smallest absolute Gasteiger partial charge is 0.215 e. The van der Waals surface area contributed by atoms with Crippen LogP contribution in [0.2, 0.25) is 0 Å². The van der Waals surface area contributed by atoms with Crippen molar-refractivity contribution in [3.63, 3.8) is 0 Å².